The van der Waals surface area contributed by atoms with E-state index in [1.807, 2.05) is 29.6 Å². The van der Waals surface area contributed by atoms with Gasteiger partial charge < -0.3 is 5.73 Å². The van der Waals surface area contributed by atoms with Crippen molar-refractivity contribution in [2.75, 3.05) is 0 Å². The molecule has 1 amide bonds. The highest BCUT2D eigenvalue weighted by Crippen LogP contribution is 2.21. The summed E-state index contributed by atoms with van der Waals surface area (Å²) in [6.07, 6.45) is 0. The first kappa shape index (κ1) is 8.79. The third kappa shape index (κ3) is 1.76. The Bertz CT molecular complexity index is 545. The van der Waals surface area contributed by atoms with Crippen molar-refractivity contribution >= 4 is 27.3 Å². The van der Waals surface area contributed by atoms with Gasteiger partial charge >= 0.3 is 0 Å². The molecule has 2 rings (SSSR count). The van der Waals surface area contributed by atoms with Crippen LogP contribution in [-0.2, 0) is 4.79 Å². The SMILES string of the molecule is NC(=O)C#Cc1ccc2ccsc2c1. The van der Waals surface area contributed by atoms with Crippen LogP contribution in [0.4, 0.5) is 0 Å². The van der Waals surface area contributed by atoms with Crippen molar-refractivity contribution in [3.05, 3.63) is 35.2 Å². The topological polar surface area (TPSA) is 43.1 Å². The molecule has 0 spiro atoms. The molecule has 0 saturated heterocycles. The van der Waals surface area contributed by atoms with E-state index in [9.17, 15) is 4.79 Å². The van der Waals surface area contributed by atoms with E-state index in [1.54, 1.807) is 11.3 Å². The first-order valence-electron chi connectivity index (χ1n) is 4.04. The maximum absolute atomic E-state index is 10.4. The number of primary amides is 1. The Kier molecular flexibility index (Phi) is 2.21. The molecule has 2 aromatic rings. The number of fused-ring (bicyclic) bond motifs is 1. The van der Waals surface area contributed by atoms with Gasteiger partial charge in [0, 0.05) is 10.3 Å². The van der Waals surface area contributed by atoms with Gasteiger partial charge in [0.1, 0.15) is 0 Å². The molecule has 0 aliphatic rings. The van der Waals surface area contributed by atoms with Crippen molar-refractivity contribution in [1.29, 1.82) is 0 Å². The lowest BCUT2D eigenvalue weighted by molar-refractivity contribution is -0.112. The van der Waals surface area contributed by atoms with Gasteiger partial charge in [0.15, 0.2) is 0 Å². The average molecular weight is 201 g/mol. The van der Waals surface area contributed by atoms with Crippen LogP contribution in [0.5, 0.6) is 0 Å². The molecule has 1 aromatic carbocycles. The highest BCUT2D eigenvalue weighted by molar-refractivity contribution is 7.17. The normalized spacial score (nSPS) is 9.43. The van der Waals surface area contributed by atoms with Gasteiger partial charge in [0.2, 0.25) is 0 Å². The van der Waals surface area contributed by atoms with Crippen molar-refractivity contribution in [3.63, 3.8) is 0 Å². The molecule has 0 fully saturated rings. The smallest absolute Gasteiger partial charge is 0.293 e. The van der Waals surface area contributed by atoms with E-state index in [0.717, 1.165) is 5.56 Å². The fourth-order valence-corrected chi connectivity index (χ4v) is 1.99. The van der Waals surface area contributed by atoms with Crippen molar-refractivity contribution < 1.29 is 4.79 Å². The van der Waals surface area contributed by atoms with Crippen molar-refractivity contribution in [2.24, 2.45) is 5.73 Å². The number of carbonyl (C=O) groups excluding carboxylic acids is 1. The van der Waals surface area contributed by atoms with Crippen LogP contribution in [0.25, 0.3) is 10.1 Å². The molecule has 0 aliphatic carbocycles. The van der Waals surface area contributed by atoms with E-state index < -0.39 is 5.91 Å². The third-order valence-electron chi connectivity index (χ3n) is 1.79. The fraction of sp³-hybridized carbons (Fsp3) is 0. The minimum Gasteiger partial charge on any atom is -0.359 e. The second-order valence-corrected chi connectivity index (χ2v) is 3.74. The molecule has 0 bridgehead atoms. The maximum atomic E-state index is 10.4. The summed E-state index contributed by atoms with van der Waals surface area (Å²) < 4.78 is 1.17. The standard InChI is InChI=1S/C11H7NOS/c12-11(13)4-2-8-1-3-9-5-6-14-10(9)7-8/h1,3,5-7H,(H2,12,13). The molecule has 68 valence electrons. The summed E-state index contributed by atoms with van der Waals surface area (Å²) in [5.74, 6) is 4.42. The molecular weight excluding hydrogens is 194 g/mol. The number of rotatable bonds is 0. The molecule has 1 heterocycles. The second kappa shape index (κ2) is 3.52. The van der Waals surface area contributed by atoms with Crippen LogP contribution < -0.4 is 5.73 Å². The Hall–Kier alpha value is -1.79. The number of thiophene rings is 1. The van der Waals surface area contributed by atoms with E-state index in [2.05, 4.69) is 11.8 Å². The first-order chi connectivity index (χ1) is 6.75. The minimum atomic E-state index is -0.601. The Morgan fingerprint density at radius 2 is 2.21 bits per heavy atom. The Morgan fingerprint density at radius 3 is 3.00 bits per heavy atom. The van der Waals surface area contributed by atoms with Crippen LogP contribution in [0.2, 0.25) is 0 Å². The van der Waals surface area contributed by atoms with E-state index >= 15 is 0 Å². The lowest BCUT2D eigenvalue weighted by atomic mass is 10.2. The number of nitrogens with two attached hydrogens (primary N) is 1. The zero-order valence-corrected chi connectivity index (χ0v) is 8.10. The molecule has 0 unspecified atom stereocenters. The average Bonchev–Trinajstić information content (AvgIpc) is 2.61. The van der Waals surface area contributed by atoms with Gasteiger partial charge in [-0.25, -0.2) is 0 Å². The van der Waals surface area contributed by atoms with Gasteiger partial charge in [-0.3, -0.25) is 4.79 Å². The molecule has 14 heavy (non-hydrogen) atoms. The Labute approximate surface area is 85.3 Å². The van der Waals surface area contributed by atoms with Crippen LogP contribution in [0.1, 0.15) is 5.56 Å². The Balaban J connectivity index is 2.45. The van der Waals surface area contributed by atoms with Crippen LogP contribution >= 0.6 is 11.3 Å². The molecule has 0 saturated carbocycles. The third-order valence-corrected chi connectivity index (χ3v) is 2.67. The van der Waals surface area contributed by atoms with Gasteiger partial charge in [0.05, 0.1) is 0 Å². The van der Waals surface area contributed by atoms with Gasteiger partial charge in [-0.15, -0.1) is 11.3 Å². The lowest BCUT2D eigenvalue weighted by Crippen LogP contribution is -2.06. The largest absolute Gasteiger partial charge is 0.359 e. The quantitative estimate of drug-likeness (QED) is 0.648. The van der Waals surface area contributed by atoms with Crippen molar-refractivity contribution in [2.45, 2.75) is 0 Å². The van der Waals surface area contributed by atoms with E-state index in [4.69, 9.17) is 5.73 Å². The van der Waals surface area contributed by atoms with Crippen molar-refractivity contribution in [1.82, 2.24) is 0 Å². The van der Waals surface area contributed by atoms with Crippen LogP contribution in [-0.4, -0.2) is 5.91 Å². The zero-order chi connectivity index (χ0) is 9.97. The summed E-state index contributed by atoms with van der Waals surface area (Å²) in [4.78, 5) is 10.4. The van der Waals surface area contributed by atoms with Gasteiger partial charge in [-0.2, -0.15) is 0 Å². The van der Waals surface area contributed by atoms with Crippen LogP contribution in [0, 0.1) is 11.8 Å². The summed E-state index contributed by atoms with van der Waals surface area (Å²) >= 11 is 1.65. The second-order valence-electron chi connectivity index (χ2n) is 2.79. The zero-order valence-electron chi connectivity index (χ0n) is 7.28. The number of benzene rings is 1. The van der Waals surface area contributed by atoms with Gasteiger partial charge in [-0.1, -0.05) is 12.0 Å². The predicted molar refractivity (Wildman–Crippen MR) is 57.9 cm³/mol. The molecule has 0 atom stereocenters. The maximum Gasteiger partial charge on any atom is 0.293 e. The molecular formula is C11H7NOS. The summed E-state index contributed by atoms with van der Waals surface area (Å²) in [7, 11) is 0. The van der Waals surface area contributed by atoms with E-state index in [-0.39, 0.29) is 0 Å². The van der Waals surface area contributed by atoms with Crippen LogP contribution in [0.3, 0.4) is 0 Å². The summed E-state index contributed by atoms with van der Waals surface area (Å²) in [6.45, 7) is 0. The van der Waals surface area contributed by atoms with Crippen LogP contribution in [0.15, 0.2) is 29.6 Å². The monoisotopic (exact) mass is 201 g/mol. The molecule has 0 aliphatic heterocycles. The summed E-state index contributed by atoms with van der Waals surface area (Å²) in [6, 6.07) is 7.86. The van der Waals surface area contributed by atoms with E-state index in [1.165, 1.54) is 10.1 Å². The fourth-order valence-electron chi connectivity index (χ4n) is 1.17. The van der Waals surface area contributed by atoms with Crippen molar-refractivity contribution in [3.8, 4) is 11.8 Å². The highest BCUT2D eigenvalue weighted by Gasteiger charge is 1.94. The molecule has 1 aromatic heterocycles. The number of hydrogen-bond acceptors (Lipinski definition) is 2. The molecule has 3 heteroatoms. The number of amides is 1. The molecule has 2 nitrogen and oxygen atoms in total. The number of carbonyl (C=O) groups is 1. The van der Waals surface area contributed by atoms with Gasteiger partial charge in [-0.05, 0) is 34.9 Å². The number of hydrogen-bond donors (Lipinski definition) is 1. The van der Waals surface area contributed by atoms with Gasteiger partial charge in [0.25, 0.3) is 5.91 Å². The summed E-state index contributed by atoms with van der Waals surface area (Å²) in [5, 5.41) is 3.22. The lowest BCUT2D eigenvalue weighted by Gasteiger charge is -1.90. The van der Waals surface area contributed by atoms with E-state index in [0.29, 0.717) is 0 Å². The minimum absolute atomic E-state index is 0.601. The summed E-state index contributed by atoms with van der Waals surface area (Å²) in [5.41, 5.74) is 5.74. The molecule has 2 N–H and O–H groups in total. The predicted octanol–water partition coefficient (Wildman–Crippen LogP) is 1.74. The Morgan fingerprint density at radius 1 is 1.36 bits per heavy atom. The first-order valence-corrected chi connectivity index (χ1v) is 4.92. The highest BCUT2D eigenvalue weighted by atomic mass is 32.1. The molecule has 0 radical (unpaired) electrons.